The number of benzene rings is 1. The minimum Gasteiger partial charge on any atom is -0.313 e. The number of hydrogen-bond acceptors (Lipinski definition) is 2. The fourth-order valence-corrected chi connectivity index (χ4v) is 2.58. The zero-order valence-corrected chi connectivity index (χ0v) is 11.9. The second-order valence-corrected chi connectivity index (χ2v) is 5.65. The molecule has 106 valence electrons. The Hall–Kier alpha value is -0.930. The summed E-state index contributed by atoms with van der Waals surface area (Å²) in [6.07, 6.45) is 3.81. The average Bonchev–Trinajstić information content (AvgIpc) is 2.42. The molecular weight excluding hydrogens is 239 g/mol. The van der Waals surface area contributed by atoms with Crippen LogP contribution in [0.1, 0.15) is 31.7 Å². The number of nitrogens with zero attached hydrogens (tertiary/aromatic N) is 1. The first-order chi connectivity index (χ1) is 9.25. The molecule has 1 aliphatic heterocycles. The van der Waals surface area contributed by atoms with Gasteiger partial charge in [0.2, 0.25) is 0 Å². The molecule has 0 radical (unpaired) electrons. The standard InChI is InChI=1S/C16H25FN2/c1-14-7-11-19(12-8-14)10-4-9-18-13-15-5-2-3-6-16(15)17/h2-3,5-6,14,18H,4,7-13H2,1H3. The van der Waals surface area contributed by atoms with Gasteiger partial charge in [0.05, 0.1) is 0 Å². The minimum atomic E-state index is -0.111. The average molecular weight is 264 g/mol. The molecule has 1 fully saturated rings. The molecule has 1 aromatic carbocycles. The van der Waals surface area contributed by atoms with Crippen molar-refractivity contribution in [3.05, 3.63) is 35.6 Å². The Bertz CT molecular complexity index is 373. The van der Waals surface area contributed by atoms with Gasteiger partial charge < -0.3 is 10.2 Å². The lowest BCUT2D eigenvalue weighted by atomic mass is 9.99. The molecule has 0 saturated carbocycles. The number of halogens is 1. The number of rotatable bonds is 6. The van der Waals surface area contributed by atoms with Crippen LogP contribution in [-0.2, 0) is 6.54 Å². The van der Waals surface area contributed by atoms with Gasteiger partial charge in [-0.25, -0.2) is 4.39 Å². The lowest BCUT2D eigenvalue weighted by Gasteiger charge is -2.30. The summed E-state index contributed by atoms with van der Waals surface area (Å²) in [7, 11) is 0. The van der Waals surface area contributed by atoms with Crippen LogP contribution in [0.5, 0.6) is 0 Å². The first kappa shape index (κ1) is 14.5. The predicted octanol–water partition coefficient (Wildman–Crippen LogP) is 3.04. The molecule has 0 atom stereocenters. The topological polar surface area (TPSA) is 15.3 Å². The molecule has 1 heterocycles. The summed E-state index contributed by atoms with van der Waals surface area (Å²) in [5.41, 5.74) is 0.759. The van der Waals surface area contributed by atoms with E-state index in [4.69, 9.17) is 0 Å². The third-order valence-electron chi connectivity index (χ3n) is 3.98. The van der Waals surface area contributed by atoms with E-state index in [2.05, 4.69) is 17.1 Å². The van der Waals surface area contributed by atoms with E-state index in [1.807, 2.05) is 12.1 Å². The molecule has 0 unspecified atom stereocenters. The zero-order chi connectivity index (χ0) is 13.5. The van der Waals surface area contributed by atoms with Gasteiger partial charge in [0.1, 0.15) is 5.82 Å². The normalized spacial score (nSPS) is 17.8. The second-order valence-electron chi connectivity index (χ2n) is 5.65. The van der Waals surface area contributed by atoms with Crippen LogP contribution in [0.4, 0.5) is 4.39 Å². The summed E-state index contributed by atoms with van der Waals surface area (Å²) in [5, 5.41) is 3.32. The summed E-state index contributed by atoms with van der Waals surface area (Å²) in [5.74, 6) is 0.787. The Kier molecular flexibility index (Phi) is 5.80. The van der Waals surface area contributed by atoms with Gasteiger partial charge in [0, 0.05) is 12.1 Å². The first-order valence-corrected chi connectivity index (χ1v) is 7.42. The van der Waals surface area contributed by atoms with E-state index in [0.29, 0.717) is 6.54 Å². The van der Waals surface area contributed by atoms with Gasteiger partial charge in [0.15, 0.2) is 0 Å². The third-order valence-corrected chi connectivity index (χ3v) is 3.98. The summed E-state index contributed by atoms with van der Waals surface area (Å²) in [6.45, 7) is 7.58. The fraction of sp³-hybridized carbons (Fsp3) is 0.625. The van der Waals surface area contributed by atoms with Crippen molar-refractivity contribution < 1.29 is 4.39 Å². The summed E-state index contributed by atoms with van der Waals surface area (Å²) < 4.78 is 13.4. The van der Waals surface area contributed by atoms with E-state index >= 15 is 0 Å². The summed E-state index contributed by atoms with van der Waals surface area (Å²) in [4.78, 5) is 2.55. The lowest BCUT2D eigenvalue weighted by molar-refractivity contribution is 0.190. The molecule has 2 nitrogen and oxygen atoms in total. The monoisotopic (exact) mass is 264 g/mol. The van der Waals surface area contributed by atoms with Gasteiger partial charge in [-0.05, 0) is 57.4 Å². The Morgan fingerprint density at radius 3 is 2.74 bits per heavy atom. The minimum absolute atomic E-state index is 0.111. The zero-order valence-electron chi connectivity index (χ0n) is 11.9. The van der Waals surface area contributed by atoms with Gasteiger partial charge in [-0.2, -0.15) is 0 Å². The predicted molar refractivity (Wildman–Crippen MR) is 77.6 cm³/mol. The van der Waals surface area contributed by atoms with Crippen molar-refractivity contribution in [2.45, 2.75) is 32.7 Å². The van der Waals surface area contributed by atoms with Crippen LogP contribution in [0.25, 0.3) is 0 Å². The maximum atomic E-state index is 13.4. The van der Waals surface area contributed by atoms with Crippen molar-refractivity contribution >= 4 is 0 Å². The van der Waals surface area contributed by atoms with Gasteiger partial charge in [-0.15, -0.1) is 0 Å². The molecule has 2 rings (SSSR count). The number of hydrogen-bond donors (Lipinski definition) is 1. The smallest absolute Gasteiger partial charge is 0.127 e. The highest BCUT2D eigenvalue weighted by Gasteiger charge is 2.14. The van der Waals surface area contributed by atoms with Crippen LogP contribution < -0.4 is 5.32 Å². The maximum absolute atomic E-state index is 13.4. The van der Waals surface area contributed by atoms with Crippen molar-refractivity contribution in [2.24, 2.45) is 5.92 Å². The number of likely N-dealkylation sites (tertiary alicyclic amines) is 1. The van der Waals surface area contributed by atoms with Gasteiger partial charge in [0.25, 0.3) is 0 Å². The molecule has 0 spiro atoms. The fourth-order valence-electron chi connectivity index (χ4n) is 2.58. The van der Waals surface area contributed by atoms with Crippen LogP contribution in [0, 0.1) is 11.7 Å². The third kappa shape index (κ3) is 4.92. The number of nitrogens with one attached hydrogen (secondary N) is 1. The van der Waals surface area contributed by atoms with Crippen molar-refractivity contribution in [3.8, 4) is 0 Å². The molecular formula is C16H25FN2. The summed E-state index contributed by atoms with van der Waals surface area (Å²) >= 11 is 0. The van der Waals surface area contributed by atoms with Crippen LogP contribution >= 0.6 is 0 Å². The molecule has 0 aromatic heterocycles. The lowest BCUT2D eigenvalue weighted by Crippen LogP contribution is -2.34. The van der Waals surface area contributed by atoms with Crippen molar-refractivity contribution in [3.63, 3.8) is 0 Å². The molecule has 1 saturated heterocycles. The van der Waals surface area contributed by atoms with E-state index in [9.17, 15) is 4.39 Å². The van der Waals surface area contributed by atoms with E-state index < -0.39 is 0 Å². The molecule has 1 aliphatic rings. The van der Waals surface area contributed by atoms with Gasteiger partial charge in [-0.1, -0.05) is 25.1 Å². The Morgan fingerprint density at radius 2 is 2.00 bits per heavy atom. The van der Waals surface area contributed by atoms with Crippen LogP contribution in [0.3, 0.4) is 0 Å². The quantitative estimate of drug-likeness (QED) is 0.795. The van der Waals surface area contributed by atoms with Gasteiger partial charge in [-0.3, -0.25) is 0 Å². The highest BCUT2D eigenvalue weighted by molar-refractivity contribution is 5.16. The Morgan fingerprint density at radius 1 is 1.26 bits per heavy atom. The van der Waals surface area contributed by atoms with Crippen molar-refractivity contribution in [1.82, 2.24) is 10.2 Å². The highest BCUT2D eigenvalue weighted by Crippen LogP contribution is 2.15. The molecule has 0 amide bonds. The number of piperidine rings is 1. The molecule has 0 bridgehead atoms. The molecule has 1 aromatic rings. The SMILES string of the molecule is CC1CCN(CCCNCc2ccccc2F)CC1. The molecule has 19 heavy (non-hydrogen) atoms. The maximum Gasteiger partial charge on any atom is 0.127 e. The molecule has 3 heteroatoms. The van der Waals surface area contributed by atoms with Crippen molar-refractivity contribution in [1.29, 1.82) is 0 Å². The van der Waals surface area contributed by atoms with E-state index in [1.54, 1.807) is 6.07 Å². The highest BCUT2D eigenvalue weighted by atomic mass is 19.1. The molecule has 0 aliphatic carbocycles. The van der Waals surface area contributed by atoms with E-state index in [-0.39, 0.29) is 5.82 Å². The summed E-state index contributed by atoms with van der Waals surface area (Å²) in [6, 6.07) is 6.98. The van der Waals surface area contributed by atoms with E-state index in [0.717, 1.165) is 31.0 Å². The van der Waals surface area contributed by atoms with Crippen LogP contribution in [0.2, 0.25) is 0 Å². The van der Waals surface area contributed by atoms with Crippen LogP contribution in [0.15, 0.2) is 24.3 Å². The largest absolute Gasteiger partial charge is 0.313 e. The van der Waals surface area contributed by atoms with E-state index in [1.165, 1.54) is 32.0 Å². The Labute approximate surface area is 116 Å². The Balaban J connectivity index is 1.56. The second kappa shape index (κ2) is 7.61. The molecule has 1 N–H and O–H groups in total. The van der Waals surface area contributed by atoms with Gasteiger partial charge >= 0.3 is 0 Å². The first-order valence-electron chi connectivity index (χ1n) is 7.42. The van der Waals surface area contributed by atoms with Crippen LogP contribution in [-0.4, -0.2) is 31.1 Å². The van der Waals surface area contributed by atoms with Crippen molar-refractivity contribution in [2.75, 3.05) is 26.2 Å².